The van der Waals surface area contributed by atoms with Gasteiger partial charge in [-0.25, -0.2) is 0 Å². The summed E-state index contributed by atoms with van der Waals surface area (Å²) in [6.07, 6.45) is 7.03. The fourth-order valence-electron chi connectivity index (χ4n) is 6.59. The maximum absolute atomic E-state index is 2.57. The van der Waals surface area contributed by atoms with Crippen molar-refractivity contribution in [2.45, 2.75) is 86.0 Å². The van der Waals surface area contributed by atoms with Crippen molar-refractivity contribution >= 4 is 17.1 Å². The molecule has 40 heavy (non-hydrogen) atoms. The topological polar surface area (TPSA) is 9.72 Å². The van der Waals surface area contributed by atoms with Gasteiger partial charge in [-0.3, -0.25) is 0 Å². The van der Waals surface area contributed by atoms with Crippen LogP contribution in [0, 0.1) is 0 Å². The quantitative estimate of drug-likeness (QED) is 0.140. The molecule has 0 N–H and O–H groups in total. The van der Waals surface area contributed by atoms with Crippen LogP contribution in [-0.2, 0) is 0 Å². The molecule has 4 rings (SSSR count). The number of nitrogens with zero attached hydrogens (tertiary/aromatic N) is 3. The normalized spacial score (nSPS) is 12.3. The molecule has 3 aromatic rings. The summed E-state index contributed by atoms with van der Waals surface area (Å²) >= 11 is 0. The van der Waals surface area contributed by atoms with Crippen molar-refractivity contribution in [3.63, 3.8) is 0 Å². The second-order valence-electron chi connectivity index (χ2n) is 11.5. The lowest BCUT2D eigenvalue weighted by Gasteiger charge is -2.25. The van der Waals surface area contributed by atoms with E-state index in [1.807, 2.05) is 0 Å². The maximum Gasteiger partial charge on any atom is 0.0372 e. The van der Waals surface area contributed by atoms with Gasteiger partial charge in [0, 0.05) is 62.2 Å². The van der Waals surface area contributed by atoms with E-state index in [2.05, 4.69) is 117 Å². The third kappa shape index (κ3) is 6.51. The Hall–Kier alpha value is -2.94. The SMILES string of the molecule is CCCN(CCC)c1ccc(C2c3ccc(N(CCC)CCC)cc3-c3cc(N(CCC)CCC)ccc32)cc1. The number of fused-ring (bicyclic) bond motifs is 3. The van der Waals surface area contributed by atoms with Gasteiger partial charge in [-0.2, -0.15) is 0 Å². The molecule has 1 aliphatic rings. The van der Waals surface area contributed by atoms with Crippen molar-refractivity contribution in [3.8, 4) is 11.1 Å². The summed E-state index contributed by atoms with van der Waals surface area (Å²) in [6, 6.07) is 24.1. The van der Waals surface area contributed by atoms with Crippen LogP contribution in [0.25, 0.3) is 11.1 Å². The van der Waals surface area contributed by atoms with E-state index in [0.29, 0.717) is 0 Å². The minimum absolute atomic E-state index is 0.282. The van der Waals surface area contributed by atoms with E-state index < -0.39 is 0 Å². The lowest BCUT2D eigenvalue weighted by atomic mass is 9.89. The molecule has 0 aliphatic heterocycles. The lowest BCUT2D eigenvalue weighted by molar-refractivity contribution is 0.744. The summed E-state index contributed by atoms with van der Waals surface area (Å²) in [5.41, 5.74) is 11.2. The van der Waals surface area contributed by atoms with E-state index in [4.69, 9.17) is 0 Å². The molecule has 3 heteroatoms. The summed E-state index contributed by atoms with van der Waals surface area (Å²) in [5, 5.41) is 0. The first-order valence-electron chi connectivity index (χ1n) is 16.2. The minimum atomic E-state index is 0.282. The zero-order valence-corrected chi connectivity index (χ0v) is 26.2. The highest BCUT2D eigenvalue weighted by Gasteiger charge is 2.31. The van der Waals surface area contributed by atoms with Crippen molar-refractivity contribution in [1.82, 2.24) is 0 Å². The summed E-state index contributed by atoms with van der Waals surface area (Å²) in [4.78, 5) is 7.68. The predicted octanol–water partition coefficient (Wildman–Crippen LogP) is 9.73. The molecule has 3 aromatic carbocycles. The van der Waals surface area contributed by atoms with Gasteiger partial charge in [-0.1, -0.05) is 65.8 Å². The van der Waals surface area contributed by atoms with Gasteiger partial charge in [0.25, 0.3) is 0 Å². The number of rotatable bonds is 16. The van der Waals surface area contributed by atoms with Crippen molar-refractivity contribution in [3.05, 3.63) is 77.4 Å². The highest BCUT2D eigenvalue weighted by Crippen LogP contribution is 2.50. The molecule has 1 aliphatic carbocycles. The molecule has 216 valence electrons. The molecule has 3 nitrogen and oxygen atoms in total. The highest BCUT2D eigenvalue weighted by atomic mass is 15.1. The molecule has 0 fully saturated rings. The van der Waals surface area contributed by atoms with Crippen LogP contribution in [0.3, 0.4) is 0 Å². The Labute approximate surface area is 245 Å². The number of hydrogen-bond donors (Lipinski definition) is 0. The second kappa shape index (κ2) is 14.6. The van der Waals surface area contributed by atoms with Crippen LogP contribution in [0.15, 0.2) is 60.7 Å². The van der Waals surface area contributed by atoms with Crippen molar-refractivity contribution < 1.29 is 0 Å². The van der Waals surface area contributed by atoms with E-state index in [1.165, 1.54) is 83.4 Å². The zero-order valence-electron chi connectivity index (χ0n) is 26.2. The molecule has 0 amide bonds. The first kappa shape index (κ1) is 30.0. The molecule has 0 unspecified atom stereocenters. The van der Waals surface area contributed by atoms with Crippen LogP contribution < -0.4 is 14.7 Å². The van der Waals surface area contributed by atoms with Crippen LogP contribution in [0.4, 0.5) is 17.1 Å². The molecule has 0 spiro atoms. The maximum atomic E-state index is 2.57. The minimum Gasteiger partial charge on any atom is -0.372 e. The Morgan fingerprint density at radius 1 is 0.425 bits per heavy atom. The molecule has 0 aromatic heterocycles. The number of benzene rings is 3. The van der Waals surface area contributed by atoms with Gasteiger partial charge in [0.05, 0.1) is 0 Å². The van der Waals surface area contributed by atoms with E-state index >= 15 is 0 Å². The molecule has 0 radical (unpaired) electrons. The van der Waals surface area contributed by atoms with Crippen LogP contribution in [-0.4, -0.2) is 39.3 Å². The van der Waals surface area contributed by atoms with Crippen LogP contribution >= 0.6 is 0 Å². The van der Waals surface area contributed by atoms with Gasteiger partial charge in [0.2, 0.25) is 0 Å². The van der Waals surface area contributed by atoms with Crippen LogP contribution in [0.2, 0.25) is 0 Å². The Balaban J connectivity index is 1.80. The third-order valence-electron chi connectivity index (χ3n) is 8.27. The van der Waals surface area contributed by atoms with Crippen LogP contribution in [0.1, 0.15) is 103 Å². The fraction of sp³-hybridized carbons (Fsp3) is 0.514. The zero-order chi connectivity index (χ0) is 28.5. The van der Waals surface area contributed by atoms with Gasteiger partial charge in [0.15, 0.2) is 0 Å². The monoisotopic (exact) mass is 539 g/mol. The first-order chi connectivity index (χ1) is 19.6. The molecule has 0 saturated carbocycles. The summed E-state index contributed by atoms with van der Waals surface area (Å²) in [5.74, 6) is 0.282. The number of anilines is 3. The smallest absolute Gasteiger partial charge is 0.0372 e. The Bertz CT molecular complexity index is 1120. The second-order valence-corrected chi connectivity index (χ2v) is 11.5. The largest absolute Gasteiger partial charge is 0.372 e. The van der Waals surface area contributed by atoms with Crippen molar-refractivity contribution in [2.24, 2.45) is 0 Å². The van der Waals surface area contributed by atoms with E-state index in [-0.39, 0.29) is 5.92 Å². The first-order valence-corrected chi connectivity index (χ1v) is 16.2. The molecule has 0 saturated heterocycles. The summed E-state index contributed by atoms with van der Waals surface area (Å²) < 4.78 is 0. The summed E-state index contributed by atoms with van der Waals surface area (Å²) in [6.45, 7) is 20.4. The highest BCUT2D eigenvalue weighted by molar-refractivity contribution is 5.85. The van der Waals surface area contributed by atoms with Crippen molar-refractivity contribution in [1.29, 1.82) is 0 Å². The Morgan fingerprint density at radius 3 is 1.10 bits per heavy atom. The molecule has 0 heterocycles. The van der Waals surface area contributed by atoms with Gasteiger partial charge < -0.3 is 14.7 Å². The molecule has 0 atom stereocenters. The molecular formula is C37H53N3. The average Bonchev–Trinajstić information content (AvgIpc) is 3.30. The summed E-state index contributed by atoms with van der Waals surface area (Å²) in [7, 11) is 0. The van der Waals surface area contributed by atoms with E-state index in [1.54, 1.807) is 0 Å². The predicted molar refractivity (Wildman–Crippen MR) is 178 cm³/mol. The van der Waals surface area contributed by atoms with Gasteiger partial charge >= 0.3 is 0 Å². The fourth-order valence-corrected chi connectivity index (χ4v) is 6.59. The standard InChI is InChI=1S/C37H53N3/c1-7-21-38(22-8-2)30-15-13-29(14-16-30)37-33-19-17-31(39(23-9-3)24-10-4)27-35(33)36-28-32(18-20-34(36)37)40(25-11-5)26-12-6/h13-20,27-28,37H,7-12,21-26H2,1-6H3. The third-order valence-corrected chi connectivity index (χ3v) is 8.27. The average molecular weight is 540 g/mol. The molecule has 0 bridgehead atoms. The lowest BCUT2D eigenvalue weighted by Crippen LogP contribution is -2.25. The van der Waals surface area contributed by atoms with Crippen molar-refractivity contribution in [2.75, 3.05) is 54.0 Å². The van der Waals surface area contributed by atoms with Crippen LogP contribution in [0.5, 0.6) is 0 Å². The number of hydrogen-bond acceptors (Lipinski definition) is 3. The van der Waals surface area contributed by atoms with Gasteiger partial charge in [0.1, 0.15) is 0 Å². The Kier molecular flexibility index (Phi) is 11.0. The van der Waals surface area contributed by atoms with Gasteiger partial charge in [-0.05, 0) is 103 Å². The Morgan fingerprint density at radius 2 is 0.750 bits per heavy atom. The molecular weight excluding hydrogens is 486 g/mol. The van der Waals surface area contributed by atoms with E-state index in [9.17, 15) is 0 Å². The van der Waals surface area contributed by atoms with E-state index in [0.717, 1.165) is 39.3 Å². The van der Waals surface area contributed by atoms with Gasteiger partial charge in [-0.15, -0.1) is 0 Å².